The summed E-state index contributed by atoms with van der Waals surface area (Å²) in [7, 11) is 0. The van der Waals surface area contributed by atoms with Crippen molar-refractivity contribution in [3.63, 3.8) is 0 Å². The molecule has 4 rings (SSSR count). The number of para-hydroxylation sites is 1. The lowest BCUT2D eigenvalue weighted by atomic mass is 9.93. The summed E-state index contributed by atoms with van der Waals surface area (Å²) in [5.74, 6) is -0.413. The predicted octanol–water partition coefficient (Wildman–Crippen LogP) is 4.14. The molecule has 0 aliphatic heterocycles. The van der Waals surface area contributed by atoms with Gasteiger partial charge in [0.1, 0.15) is 23.3 Å². The Morgan fingerprint density at radius 2 is 1.89 bits per heavy atom. The Labute approximate surface area is 154 Å². The van der Waals surface area contributed by atoms with Gasteiger partial charge in [0.2, 0.25) is 0 Å². The van der Waals surface area contributed by atoms with Crippen molar-refractivity contribution in [3.05, 3.63) is 83.4 Å². The van der Waals surface area contributed by atoms with Gasteiger partial charge >= 0.3 is 0 Å². The van der Waals surface area contributed by atoms with Gasteiger partial charge in [0.25, 0.3) is 0 Å². The van der Waals surface area contributed by atoms with E-state index in [9.17, 15) is 4.39 Å². The van der Waals surface area contributed by atoms with Crippen molar-refractivity contribution in [2.75, 3.05) is 0 Å². The van der Waals surface area contributed by atoms with Crippen LogP contribution in [-0.2, 0) is 6.42 Å². The van der Waals surface area contributed by atoms with Crippen LogP contribution >= 0.6 is 0 Å². The van der Waals surface area contributed by atoms with E-state index in [2.05, 4.69) is 10.1 Å². The third-order valence-corrected chi connectivity index (χ3v) is 4.41. The molecule has 0 radical (unpaired) electrons. The number of rotatable bonds is 4. The van der Waals surface area contributed by atoms with E-state index in [1.165, 1.54) is 6.07 Å². The number of hydrogen-bond donors (Lipinski definition) is 1. The van der Waals surface area contributed by atoms with E-state index in [1.807, 2.05) is 30.3 Å². The van der Waals surface area contributed by atoms with Gasteiger partial charge in [-0.25, -0.2) is 9.37 Å². The molecule has 2 heterocycles. The van der Waals surface area contributed by atoms with Crippen LogP contribution in [0.25, 0.3) is 22.2 Å². The number of hydrogen-bond acceptors (Lipinski definition) is 5. The number of benzene rings is 2. The zero-order valence-electron chi connectivity index (χ0n) is 14.3. The minimum absolute atomic E-state index is 0.291. The molecule has 0 unspecified atom stereocenters. The molecule has 132 valence electrons. The molecule has 0 amide bonds. The standard InChI is InChI=1S/C21H15FN4O/c22-17-9-4-8-16(21-15-7-1-2-10-19(15)27-26-21)20(17)18(24)11-13-5-3-6-14(12-23)25-13/h1-10,18H,11,24H2/t18-/m0/s1. The fourth-order valence-electron chi connectivity index (χ4n) is 3.18. The molecular weight excluding hydrogens is 343 g/mol. The topological polar surface area (TPSA) is 88.7 Å². The average Bonchev–Trinajstić information content (AvgIpc) is 3.12. The minimum Gasteiger partial charge on any atom is -0.356 e. The van der Waals surface area contributed by atoms with Gasteiger partial charge in [-0.15, -0.1) is 0 Å². The highest BCUT2D eigenvalue weighted by Gasteiger charge is 2.21. The molecule has 27 heavy (non-hydrogen) atoms. The Bertz CT molecular complexity index is 1160. The summed E-state index contributed by atoms with van der Waals surface area (Å²) < 4.78 is 20.1. The van der Waals surface area contributed by atoms with E-state index in [0.717, 1.165) is 5.39 Å². The molecule has 4 aromatic rings. The molecule has 0 bridgehead atoms. The summed E-state index contributed by atoms with van der Waals surface area (Å²) in [6, 6.07) is 18.7. The normalized spacial score (nSPS) is 12.0. The fourth-order valence-corrected chi connectivity index (χ4v) is 3.18. The van der Waals surface area contributed by atoms with Crippen molar-refractivity contribution in [3.8, 4) is 17.3 Å². The summed E-state index contributed by atoms with van der Waals surface area (Å²) in [5.41, 5.74) is 9.39. The maximum atomic E-state index is 14.7. The molecule has 0 spiro atoms. The van der Waals surface area contributed by atoms with Gasteiger partial charge in [0, 0.05) is 34.7 Å². The summed E-state index contributed by atoms with van der Waals surface area (Å²) in [5, 5.41) is 13.9. The van der Waals surface area contributed by atoms with Crippen LogP contribution < -0.4 is 5.73 Å². The molecule has 5 nitrogen and oxygen atoms in total. The smallest absolute Gasteiger partial charge is 0.167 e. The van der Waals surface area contributed by atoms with Crippen molar-refractivity contribution >= 4 is 11.0 Å². The molecular formula is C21H15FN4O. The van der Waals surface area contributed by atoms with Crippen molar-refractivity contribution in [1.29, 1.82) is 5.26 Å². The highest BCUT2D eigenvalue weighted by atomic mass is 19.1. The number of halogens is 1. The van der Waals surface area contributed by atoms with E-state index in [-0.39, 0.29) is 0 Å². The second-order valence-electron chi connectivity index (χ2n) is 6.16. The Hall–Kier alpha value is -3.56. The van der Waals surface area contributed by atoms with Crippen molar-refractivity contribution in [2.45, 2.75) is 12.5 Å². The quantitative estimate of drug-likeness (QED) is 0.592. The Morgan fingerprint density at radius 1 is 1.07 bits per heavy atom. The number of fused-ring (bicyclic) bond motifs is 1. The summed E-state index contributed by atoms with van der Waals surface area (Å²) in [6.45, 7) is 0. The summed E-state index contributed by atoms with van der Waals surface area (Å²) in [6.07, 6.45) is 0.291. The number of nitrogens with zero attached hydrogens (tertiary/aromatic N) is 3. The van der Waals surface area contributed by atoms with Gasteiger partial charge in [-0.05, 0) is 30.3 Å². The monoisotopic (exact) mass is 358 g/mol. The highest BCUT2D eigenvalue weighted by molar-refractivity contribution is 5.92. The number of aromatic nitrogens is 2. The molecule has 0 saturated heterocycles. The van der Waals surface area contributed by atoms with Crippen LogP contribution in [0.1, 0.15) is 23.0 Å². The van der Waals surface area contributed by atoms with Crippen molar-refractivity contribution in [2.24, 2.45) is 5.73 Å². The van der Waals surface area contributed by atoms with E-state index in [4.69, 9.17) is 15.5 Å². The second kappa shape index (κ2) is 6.98. The Balaban J connectivity index is 1.78. The molecule has 0 fully saturated rings. The molecule has 1 atom stereocenters. The predicted molar refractivity (Wildman–Crippen MR) is 99.0 cm³/mol. The molecule has 2 aromatic heterocycles. The first-order valence-electron chi connectivity index (χ1n) is 8.42. The largest absolute Gasteiger partial charge is 0.356 e. The number of nitrogens with two attached hydrogens (primary N) is 1. The average molecular weight is 358 g/mol. The molecule has 0 aliphatic rings. The number of nitriles is 1. The molecule has 0 saturated carbocycles. The SMILES string of the molecule is N#Cc1cccc(C[C@H](N)c2c(F)cccc2-c2noc3ccccc23)n1. The van der Waals surface area contributed by atoms with Gasteiger partial charge in [-0.1, -0.05) is 35.5 Å². The summed E-state index contributed by atoms with van der Waals surface area (Å²) >= 11 is 0. The first-order chi connectivity index (χ1) is 13.2. The maximum absolute atomic E-state index is 14.7. The molecule has 2 N–H and O–H groups in total. The van der Waals surface area contributed by atoms with Gasteiger partial charge in [-0.2, -0.15) is 5.26 Å². The highest BCUT2D eigenvalue weighted by Crippen LogP contribution is 2.34. The van der Waals surface area contributed by atoms with Gasteiger partial charge in [0.05, 0.1) is 0 Å². The summed E-state index contributed by atoms with van der Waals surface area (Å²) in [4.78, 5) is 4.23. The van der Waals surface area contributed by atoms with Crippen molar-refractivity contribution < 1.29 is 8.91 Å². The lowest BCUT2D eigenvalue weighted by Crippen LogP contribution is -2.17. The third kappa shape index (κ3) is 3.16. The maximum Gasteiger partial charge on any atom is 0.167 e. The van der Waals surface area contributed by atoms with E-state index >= 15 is 0 Å². The first-order valence-corrected chi connectivity index (χ1v) is 8.42. The molecule has 0 aliphatic carbocycles. The van der Waals surface area contributed by atoms with Crippen LogP contribution in [0.5, 0.6) is 0 Å². The van der Waals surface area contributed by atoms with Gasteiger partial charge in [-0.3, -0.25) is 0 Å². The van der Waals surface area contributed by atoms with Crippen LogP contribution in [0.2, 0.25) is 0 Å². The van der Waals surface area contributed by atoms with Gasteiger partial charge in [0.15, 0.2) is 5.58 Å². The van der Waals surface area contributed by atoms with Crippen LogP contribution in [0.15, 0.2) is 65.2 Å². The van der Waals surface area contributed by atoms with E-state index in [1.54, 1.807) is 30.3 Å². The fraction of sp³-hybridized carbons (Fsp3) is 0.0952. The molecule has 2 aromatic carbocycles. The zero-order valence-corrected chi connectivity index (χ0v) is 14.3. The molecule has 6 heteroatoms. The minimum atomic E-state index is -0.655. The van der Waals surface area contributed by atoms with Crippen molar-refractivity contribution in [1.82, 2.24) is 10.1 Å². The Morgan fingerprint density at radius 3 is 2.74 bits per heavy atom. The third-order valence-electron chi connectivity index (χ3n) is 4.41. The van der Waals surface area contributed by atoms with E-state index < -0.39 is 11.9 Å². The van der Waals surface area contributed by atoms with Crippen LogP contribution in [-0.4, -0.2) is 10.1 Å². The van der Waals surface area contributed by atoms with Crippen LogP contribution in [0, 0.1) is 17.1 Å². The van der Waals surface area contributed by atoms with Crippen LogP contribution in [0.4, 0.5) is 4.39 Å². The first kappa shape index (κ1) is 16.9. The number of pyridine rings is 1. The second-order valence-corrected chi connectivity index (χ2v) is 6.16. The lowest BCUT2D eigenvalue weighted by molar-refractivity contribution is 0.459. The van der Waals surface area contributed by atoms with E-state index in [0.29, 0.717) is 40.2 Å². The lowest BCUT2D eigenvalue weighted by Gasteiger charge is -2.16. The Kier molecular flexibility index (Phi) is 4.37. The van der Waals surface area contributed by atoms with Gasteiger partial charge < -0.3 is 10.3 Å². The zero-order chi connectivity index (χ0) is 18.8. The van der Waals surface area contributed by atoms with Crippen LogP contribution in [0.3, 0.4) is 0 Å².